The van der Waals surface area contributed by atoms with Crippen molar-refractivity contribution in [2.75, 3.05) is 49.4 Å². The molecule has 324 valence electrons. The van der Waals surface area contributed by atoms with Gasteiger partial charge in [0.15, 0.2) is 0 Å². The van der Waals surface area contributed by atoms with Crippen molar-refractivity contribution in [1.29, 1.82) is 0 Å². The summed E-state index contributed by atoms with van der Waals surface area (Å²) < 4.78 is 11.5. The van der Waals surface area contributed by atoms with Gasteiger partial charge in [0.05, 0.1) is 26.4 Å². The summed E-state index contributed by atoms with van der Waals surface area (Å²) >= 11 is 4.15. The lowest BCUT2D eigenvalue weighted by atomic mass is 10.0. The van der Waals surface area contributed by atoms with E-state index < -0.39 is 0 Å². The molecule has 0 saturated carbocycles. The van der Waals surface area contributed by atoms with Crippen LogP contribution in [0.2, 0.25) is 0 Å². The van der Waals surface area contributed by atoms with Crippen molar-refractivity contribution in [1.82, 2.24) is 0 Å². The first-order chi connectivity index (χ1) is 31.8. The maximum absolute atomic E-state index is 5.74. The molecule has 0 aromatic heterocycles. The van der Waals surface area contributed by atoms with E-state index in [0.717, 1.165) is 38.9 Å². The number of hydrogen-bond acceptors (Lipinski definition) is 4. The second kappa shape index (κ2) is 26.9. The third-order valence-corrected chi connectivity index (χ3v) is 13.4. The summed E-state index contributed by atoms with van der Waals surface area (Å²) in [4.78, 5) is 0. The fourth-order valence-corrected chi connectivity index (χ4v) is 9.49. The molecule has 0 amide bonds. The molecule has 4 heteroatoms. The standard InChI is InChI=1S/C30H30O2.C30H30S2/c2*1-3-7-27(8-4-1)29-15-11-25(12-16-29)19-21-31-23-24-32-22-20-26-13-17-30(18-14-26)28-9-5-2-6-10-28/h2*1-18H,19-24H2. The Bertz CT molecular complexity index is 2080. The molecule has 0 aliphatic heterocycles. The number of benzene rings is 8. The van der Waals surface area contributed by atoms with Crippen molar-refractivity contribution < 1.29 is 9.47 Å². The van der Waals surface area contributed by atoms with Crippen LogP contribution in [0, 0.1) is 0 Å². The molecule has 64 heavy (non-hydrogen) atoms. The van der Waals surface area contributed by atoms with Crippen LogP contribution in [0.4, 0.5) is 0 Å². The van der Waals surface area contributed by atoms with Crippen LogP contribution in [0.3, 0.4) is 0 Å². The molecule has 0 heterocycles. The van der Waals surface area contributed by atoms with Gasteiger partial charge in [-0.05, 0) is 104 Å². The van der Waals surface area contributed by atoms with Gasteiger partial charge in [0, 0.05) is 11.5 Å². The van der Waals surface area contributed by atoms with Crippen molar-refractivity contribution in [3.8, 4) is 44.5 Å². The van der Waals surface area contributed by atoms with Crippen LogP contribution in [0.15, 0.2) is 218 Å². The van der Waals surface area contributed by atoms with E-state index in [2.05, 4.69) is 230 Å². The number of ether oxygens (including phenoxy) is 2. The van der Waals surface area contributed by atoms with E-state index >= 15 is 0 Å². The van der Waals surface area contributed by atoms with Gasteiger partial charge >= 0.3 is 0 Å². The maximum Gasteiger partial charge on any atom is 0.0700 e. The lowest BCUT2D eigenvalue weighted by molar-refractivity contribution is 0.0501. The number of hydrogen-bond donors (Lipinski definition) is 0. The second-order valence-corrected chi connectivity index (χ2v) is 18.2. The van der Waals surface area contributed by atoms with Gasteiger partial charge in [0.25, 0.3) is 0 Å². The minimum atomic E-state index is 0.634. The smallest absolute Gasteiger partial charge is 0.0700 e. The summed E-state index contributed by atoms with van der Waals surface area (Å²) in [6.07, 6.45) is 4.14. The van der Waals surface area contributed by atoms with E-state index in [-0.39, 0.29) is 0 Å². The molecule has 0 fully saturated rings. The van der Waals surface area contributed by atoms with E-state index in [1.165, 1.54) is 89.8 Å². The summed E-state index contributed by atoms with van der Waals surface area (Å²) in [7, 11) is 0. The van der Waals surface area contributed by atoms with Crippen LogP contribution in [-0.2, 0) is 35.2 Å². The predicted octanol–water partition coefficient (Wildman–Crippen LogP) is 15.1. The van der Waals surface area contributed by atoms with Gasteiger partial charge in [-0.25, -0.2) is 0 Å². The summed E-state index contributed by atoms with van der Waals surface area (Å²) in [6.45, 7) is 2.70. The number of rotatable bonds is 22. The molecule has 0 atom stereocenters. The largest absolute Gasteiger partial charge is 0.379 e. The highest BCUT2D eigenvalue weighted by atomic mass is 32.2. The molecule has 0 saturated heterocycles. The molecule has 8 rings (SSSR count). The van der Waals surface area contributed by atoms with Crippen LogP contribution in [0.1, 0.15) is 22.3 Å². The van der Waals surface area contributed by atoms with Gasteiger partial charge in [0.1, 0.15) is 0 Å². The molecular weight excluding hydrogens is 817 g/mol. The molecule has 0 aliphatic carbocycles. The van der Waals surface area contributed by atoms with Gasteiger partial charge in [0.2, 0.25) is 0 Å². The molecular formula is C60H60O2S2. The lowest BCUT2D eigenvalue weighted by Gasteiger charge is -2.08. The molecule has 0 spiro atoms. The van der Waals surface area contributed by atoms with Crippen LogP contribution in [0.25, 0.3) is 44.5 Å². The van der Waals surface area contributed by atoms with Gasteiger partial charge < -0.3 is 9.47 Å². The van der Waals surface area contributed by atoms with E-state index in [9.17, 15) is 0 Å². The van der Waals surface area contributed by atoms with Crippen LogP contribution in [0.5, 0.6) is 0 Å². The zero-order valence-electron chi connectivity index (χ0n) is 36.9. The summed E-state index contributed by atoms with van der Waals surface area (Å²) in [5, 5.41) is 0. The lowest BCUT2D eigenvalue weighted by Crippen LogP contribution is -2.08. The highest BCUT2D eigenvalue weighted by Gasteiger charge is 2.03. The van der Waals surface area contributed by atoms with Gasteiger partial charge in [-0.1, -0.05) is 218 Å². The average molecular weight is 877 g/mol. The van der Waals surface area contributed by atoms with E-state index in [1.54, 1.807) is 0 Å². The van der Waals surface area contributed by atoms with Crippen LogP contribution >= 0.6 is 23.5 Å². The Balaban J connectivity index is 0.000000191. The SMILES string of the molecule is c1ccc(-c2ccc(CCOCCOCCc3ccc(-c4ccccc4)cc3)cc2)cc1.c1ccc(-c2ccc(CCSCCSCCc3ccc(-c4ccccc4)cc3)cc2)cc1. The maximum atomic E-state index is 5.74. The van der Waals surface area contributed by atoms with Crippen LogP contribution < -0.4 is 0 Å². The summed E-state index contributed by atoms with van der Waals surface area (Å²) in [6, 6.07) is 77.7. The Hall–Kier alpha value is -5.62. The third-order valence-electron chi connectivity index (χ3n) is 11.1. The minimum Gasteiger partial charge on any atom is -0.379 e. The monoisotopic (exact) mass is 876 g/mol. The van der Waals surface area contributed by atoms with Crippen molar-refractivity contribution in [2.24, 2.45) is 0 Å². The topological polar surface area (TPSA) is 18.5 Å². The third kappa shape index (κ3) is 15.9. The van der Waals surface area contributed by atoms with Gasteiger partial charge in [-0.3, -0.25) is 0 Å². The Labute approximate surface area is 391 Å². The minimum absolute atomic E-state index is 0.634. The van der Waals surface area contributed by atoms with Crippen molar-refractivity contribution in [3.05, 3.63) is 241 Å². The molecule has 8 aromatic carbocycles. The van der Waals surface area contributed by atoms with Gasteiger partial charge in [-0.15, -0.1) is 0 Å². The molecule has 2 nitrogen and oxygen atoms in total. The van der Waals surface area contributed by atoms with Crippen LogP contribution in [-0.4, -0.2) is 49.4 Å². The molecule has 0 radical (unpaired) electrons. The Morgan fingerprint density at radius 1 is 0.219 bits per heavy atom. The quantitative estimate of drug-likeness (QED) is 0.0631. The van der Waals surface area contributed by atoms with Gasteiger partial charge in [-0.2, -0.15) is 23.5 Å². The molecule has 0 bridgehead atoms. The predicted molar refractivity (Wildman–Crippen MR) is 279 cm³/mol. The fourth-order valence-electron chi connectivity index (χ4n) is 7.38. The Morgan fingerprint density at radius 3 is 0.719 bits per heavy atom. The first kappa shape index (κ1) is 46.4. The highest BCUT2D eigenvalue weighted by Crippen LogP contribution is 2.23. The first-order valence-electron chi connectivity index (χ1n) is 22.7. The van der Waals surface area contributed by atoms with Crippen molar-refractivity contribution >= 4 is 23.5 Å². The highest BCUT2D eigenvalue weighted by molar-refractivity contribution is 8.02. The number of aryl methyl sites for hydroxylation is 2. The zero-order chi connectivity index (χ0) is 43.7. The molecule has 0 N–H and O–H groups in total. The number of thioether (sulfide) groups is 2. The Morgan fingerprint density at radius 2 is 0.453 bits per heavy atom. The fraction of sp³-hybridized carbons (Fsp3) is 0.200. The van der Waals surface area contributed by atoms with Crippen molar-refractivity contribution in [2.45, 2.75) is 25.7 Å². The molecule has 0 unspecified atom stereocenters. The first-order valence-corrected chi connectivity index (χ1v) is 25.0. The summed E-state index contributed by atoms with van der Waals surface area (Å²) in [5.41, 5.74) is 15.6. The second-order valence-electron chi connectivity index (χ2n) is 15.7. The zero-order valence-corrected chi connectivity index (χ0v) is 38.5. The average Bonchev–Trinajstić information content (AvgIpc) is 3.37. The Kier molecular flexibility index (Phi) is 19.5. The summed E-state index contributed by atoms with van der Waals surface area (Å²) in [5.74, 6) is 4.87. The van der Waals surface area contributed by atoms with E-state index in [0.29, 0.717) is 13.2 Å². The van der Waals surface area contributed by atoms with E-state index in [1.807, 2.05) is 12.1 Å². The normalized spacial score (nSPS) is 10.9. The molecule has 0 aliphatic rings. The molecule has 8 aromatic rings. The van der Waals surface area contributed by atoms with Crippen molar-refractivity contribution in [3.63, 3.8) is 0 Å². The van der Waals surface area contributed by atoms with E-state index in [4.69, 9.17) is 9.47 Å².